The van der Waals surface area contributed by atoms with Gasteiger partial charge in [-0.1, -0.05) is 61.4 Å². The Morgan fingerprint density at radius 2 is 1.59 bits per heavy atom. The number of aliphatic hydroxyl groups is 1. The van der Waals surface area contributed by atoms with Crippen molar-refractivity contribution in [3.05, 3.63) is 89.0 Å². The molecule has 0 saturated heterocycles. The van der Waals surface area contributed by atoms with Gasteiger partial charge in [0.15, 0.2) is 0 Å². The summed E-state index contributed by atoms with van der Waals surface area (Å²) in [6, 6.07) is 20.4. The zero-order chi connectivity index (χ0) is 32.1. The van der Waals surface area contributed by atoms with E-state index in [0.29, 0.717) is 23.2 Å². The number of rotatable bonds is 10. The van der Waals surface area contributed by atoms with Crippen molar-refractivity contribution < 1.29 is 27.9 Å². The van der Waals surface area contributed by atoms with Gasteiger partial charge in [-0.2, -0.15) is 0 Å². The number of hydrogen-bond donors (Lipinski definition) is 4. The third-order valence-corrected chi connectivity index (χ3v) is 8.23. The number of nitrogens with one attached hydrogen (secondary N) is 2. The molecule has 10 heteroatoms. The topological polar surface area (TPSA) is 148 Å². The molecule has 5 N–H and O–H groups in total. The zero-order valence-corrected chi connectivity index (χ0v) is 26.6. The molecule has 1 aliphatic rings. The third kappa shape index (κ3) is 9.56. The molecular formula is C34H43N3O6S. The van der Waals surface area contributed by atoms with Crippen molar-refractivity contribution in [3.63, 3.8) is 0 Å². The van der Waals surface area contributed by atoms with Gasteiger partial charge in [-0.05, 0) is 85.5 Å². The molecule has 1 saturated carbocycles. The summed E-state index contributed by atoms with van der Waals surface area (Å²) in [7, 11) is -3.69. The van der Waals surface area contributed by atoms with E-state index < -0.39 is 39.8 Å². The SMILES string of the molecule is CC(C)(C)NC(=O)OC(Cc1ccc(-c2ccc(C(=O)NS(C)(=O)=O)c(C3CCCC3)c2)cc1)C[C@@H](O)c1ccc(N)cc1. The number of hydrogen-bond acceptors (Lipinski definition) is 7. The highest BCUT2D eigenvalue weighted by molar-refractivity contribution is 7.89. The van der Waals surface area contributed by atoms with E-state index in [4.69, 9.17) is 10.5 Å². The van der Waals surface area contributed by atoms with Crippen molar-refractivity contribution in [3.8, 4) is 11.1 Å². The predicted octanol–water partition coefficient (Wildman–Crippen LogP) is 5.84. The molecule has 0 aliphatic heterocycles. The van der Waals surface area contributed by atoms with Crippen LogP contribution in [0.4, 0.5) is 10.5 Å². The van der Waals surface area contributed by atoms with Crippen molar-refractivity contribution in [2.45, 2.75) is 83.0 Å². The fourth-order valence-corrected chi connectivity index (χ4v) is 6.05. The molecule has 1 aliphatic carbocycles. The Labute approximate surface area is 260 Å². The number of nitrogen functional groups attached to an aromatic ring is 1. The minimum atomic E-state index is -3.69. The Hall–Kier alpha value is -3.89. The number of amides is 2. The van der Waals surface area contributed by atoms with E-state index in [1.807, 2.05) is 57.2 Å². The van der Waals surface area contributed by atoms with E-state index >= 15 is 0 Å². The van der Waals surface area contributed by atoms with E-state index in [-0.39, 0.29) is 12.3 Å². The van der Waals surface area contributed by atoms with Crippen LogP contribution in [0.15, 0.2) is 66.7 Å². The summed E-state index contributed by atoms with van der Waals surface area (Å²) in [5, 5.41) is 13.7. The zero-order valence-electron chi connectivity index (χ0n) is 25.8. The van der Waals surface area contributed by atoms with Crippen LogP contribution in [-0.2, 0) is 21.2 Å². The average molecular weight is 622 g/mol. The highest BCUT2D eigenvalue weighted by atomic mass is 32.2. The second kappa shape index (κ2) is 13.8. The van der Waals surface area contributed by atoms with Gasteiger partial charge >= 0.3 is 6.09 Å². The van der Waals surface area contributed by atoms with Crippen LogP contribution in [0.25, 0.3) is 11.1 Å². The number of sulfonamides is 1. The van der Waals surface area contributed by atoms with E-state index in [1.165, 1.54) is 0 Å². The van der Waals surface area contributed by atoms with Crippen molar-refractivity contribution in [1.82, 2.24) is 10.0 Å². The van der Waals surface area contributed by atoms with Crippen LogP contribution in [0, 0.1) is 0 Å². The van der Waals surface area contributed by atoms with E-state index in [0.717, 1.165) is 54.2 Å². The van der Waals surface area contributed by atoms with Gasteiger partial charge in [-0.25, -0.2) is 17.9 Å². The standard InChI is InChI=1S/C34H43N3O6S/c1-34(2,3)36-33(40)43-28(21-31(38)25-13-16-27(35)17-14-25)19-22-9-11-23(12-10-22)26-15-18-29(32(39)37-44(4,41)42)30(20-26)24-7-5-6-8-24/h9-18,20,24,28,31,38H,5-8,19,21,35H2,1-4H3,(H,36,40)(H,37,39)/t28?,31-/m1/s1. The molecule has 44 heavy (non-hydrogen) atoms. The largest absolute Gasteiger partial charge is 0.446 e. The second-order valence-electron chi connectivity index (χ2n) is 12.7. The van der Waals surface area contributed by atoms with Gasteiger partial charge in [-0.3, -0.25) is 4.79 Å². The predicted molar refractivity (Wildman–Crippen MR) is 173 cm³/mol. The minimum Gasteiger partial charge on any atom is -0.446 e. The number of nitrogens with two attached hydrogens (primary N) is 1. The van der Waals surface area contributed by atoms with Gasteiger partial charge in [0, 0.05) is 29.6 Å². The fraction of sp³-hybridized carbons (Fsp3) is 0.412. The van der Waals surface area contributed by atoms with Gasteiger partial charge in [0.25, 0.3) is 5.91 Å². The summed E-state index contributed by atoms with van der Waals surface area (Å²) < 4.78 is 31.3. The summed E-state index contributed by atoms with van der Waals surface area (Å²) in [6.45, 7) is 5.61. The molecule has 9 nitrogen and oxygen atoms in total. The van der Waals surface area contributed by atoms with Gasteiger partial charge in [-0.15, -0.1) is 0 Å². The molecule has 3 aromatic carbocycles. The Kier molecular flexibility index (Phi) is 10.4. The molecule has 0 aromatic heterocycles. The Bertz CT molecular complexity index is 1560. The number of ether oxygens (including phenoxy) is 1. The third-order valence-electron chi connectivity index (χ3n) is 7.68. The van der Waals surface area contributed by atoms with Crippen molar-refractivity contribution in [1.29, 1.82) is 0 Å². The summed E-state index contributed by atoms with van der Waals surface area (Å²) >= 11 is 0. The van der Waals surface area contributed by atoms with Gasteiger partial charge < -0.3 is 20.9 Å². The molecule has 2 amide bonds. The first-order valence-corrected chi connectivity index (χ1v) is 16.8. The molecule has 0 spiro atoms. The molecule has 0 heterocycles. The summed E-state index contributed by atoms with van der Waals surface area (Å²) in [5.41, 5.74) is 10.6. The average Bonchev–Trinajstić information content (AvgIpc) is 3.46. The first-order valence-electron chi connectivity index (χ1n) is 14.9. The summed E-state index contributed by atoms with van der Waals surface area (Å²) in [6.07, 6.45) is 3.60. The number of alkyl carbamates (subject to hydrolysis) is 1. The lowest BCUT2D eigenvalue weighted by Crippen LogP contribution is -2.42. The Morgan fingerprint density at radius 1 is 0.977 bits per heavy atom. The molecule has 0 radical (unpaired) electrons. The van der Waals surface area contributed by atoms with Crippen LogP contribution in [-0.4, -0.2) is 43.4 Å². The van der Waals surface area contributed by atoms with Crippen LogP contribution in [0.2, 0.25) is 0 Å². The Morgan fingerprint density at radius 3 is 2.18 bits per heavy atom. The minimum absolute atomic E-state index is 0.194. The van der Waals surface area contributed by atoms with Crippen LogP contribution in [0.5, 0.6) is 0 Å². The lowest BCUT2D eigenvalue weighted by Gasteiger charge is -2.25. The van der Waals surface area contributed by atoms with E-state index in [1.54, 1.807) is 30.3 Å². The number of anilines is 1. The molecular weight excluding hydrogens is 578 g/mol. The summed E-state index contributed by atoms with van der Waals surface area (Å²) in [5.74, 6) is -0.418. The number of carbonyl (C=O) groups is 2. The molecule has 0 bridgehead atoms. The molecule has 1 fully saturated rings. The Balaban J connectivity index is 1.55. The van der Waals surface area contributed by atoms with E-state index in [9.17, 15) is 23.1 Å². The second-order valence-corrected chi connectivity index (χ2v) is 14.5. The summed E-state index contributed by atoms with van der Waals surface area (Å²) in [4.78, 5) is 25.5. The first kappa shape index (κ1) is 33.0. The first-order chi connectivity index (χ1) is 20.7. The molecule has 4 rings (SSSR count). The molecule has 2 atom stereocenters. The lowest BCUT2D eigenvalue weighted by molar-refractivity contribution is 0.0502. The molecule has 3 aromatic rings. The highest BCUT2D eigenvalue weighted by Crippen LogP contribution is 2.38. The number of carbonyl (C=O) groups excluding carboxylic acids is 2. The van der Waals surface area contributed by atoms with Crippen LogP contribution < -0.4 is 15.8 Å². The number of benzene rings is 3. The van der Waals surface area contributed by atoms with Gasteiger partial charge in [0.1, 0.15) is 6.10 Å². The number of aliphatic hydroxyl groups excluding tert-OH is 1. The highest BCUT2D eigenvalue weighted by Gasteiger charge is 2.25. The maximum Gasteiger partial charge on any atom is 0.407 e. The van der Waals surface area contributed by atoms with Gasteiger partial charge in [0.2, 0.25) is 10.0 Å². The smallest absolute Gasteiger partial charge is 0.407 e. The maximum atomic E-state index is 12.8. The van der Waals surface area contributed by atoms with Crippen molar-refractivity contribution in [2.24, 2.45) is 0 Å². The normalized spacial score (nSPS) is 15.4. The van der Waals surface area contributed by atoms with Crippen LogP contribution in [0.3, 0.4) is 0 Å². The maximum absolute atomic E-state index is 12.8. The molecule has 236 valence electrons. The van der Waals surface area contributed by atoms with Crippen molar-refractivity contribution >= 4 is 27.7 Å². The fourth-order valence-electron chi connectivity index (χ4n) is 5.61. The monoisotopic (exact) mass is 621 g/mol. The van der Waals surface area contributed by atoms with Crippen LogP contribution in [0.1, 0.15) is 91.9 Å². The van der Waals surface area contributed by atoms with E-state index in [2.05, 4.69) is 10.0 Å². The molecule has 1 unspecified atom stereocenters. The van der Waals surface area contributed by atoms with Gasteiger partial charge in [0.05, 0.1) is 12.4 Å². The lowest BCUT2D eigenvalue weighted by atomic mass is 9.89. The quantitative estimate of drug-likeness (QED) is 0.208. The van der Waals surface area contributed by atoms with Crippen LogP contribution >= 0.6 is 0 Å². The van der Waals surface area contributed by atoms with Crippen molar-refractivity contribution in [2.75, 3.05) is 12.0 Å².